The van der Waals surface area contributed by atoms with Gasteiger partial charge in [-0.25, -0.2) is 4.98 Å². The molecule has 4 nitrogen and oxygen atoms in total. The number of piperazine rings is 1. The Hall–Kier alpha value is -1.13. The van der Waals surface area contributed by atoms with E-state index in [0.717, 1.165) is 31.0 Å². The van der Waals surface area contributed by atoms with Gasteiger partial charge < -0.3 is 10.0 Å². The second-order valence-corrected chi connectivity index (χ2v) is 5.76. The Balaban J connectivity index is 1.69. The number of pyridine rings is 1. The Bertz CT molecular complexity index is 418. The minimum atomic E-state index is -0.434. The van der Waals surface area contributed by atoms with Crippen molar-refractivity contribution >= 4 is 5.82 Å². The van der Waals surface area contributed by atoms with Gasteiger partial charge in [0, 0.05) is 31.9 Å². The fourth-order valence-corrected chi connectivity index (χ4v) is 3.20. The van der Waals surface area contributed by atoms with E-state index in [0.29, 0.717) is 6.04 Å². The van der Waals surface area contributed by atoms with Gasteiger partial charge in [-0.2, -0.15) is 0 Å². The van der Waals surface area contributed by atoms with Crippen LogP contribution in [0.15, 0.2) is 18.3 Å². The van der Waals surface area contributed by atoms with Crippen molar-refractivity contribution in [2.75, 3.05) is 31.1 Å². The molecule has 0 aliphatic carbocycles. The Labute approximate surface area is 115 Å². The summed E-state index contributed by atoms with van der Waals surface area (Å²) in [6.45, 7) is 6.37. The number of piperidine rings is 1. The minimum Gasteiger partial charge on any atom is -0.389 e. The Morgan fingerprint density at radius 1 is 1.26 bits per heavy atom. The fraction of sp³-hybridized carbons (Fsp3) is 0.667. The third-order valence-corrected chi connectivity index (χ3v) is 4.41. The van der Waals surface area contributed by atoms with Gasteiger partial charge in [0.2, 0.25) is 0 Å². The molecule has 0 spiro atoms. The van der Waals surface area contributed by atoms with Crippen LogP contribution >= 0.6 is 0 Å². The molecular weight excluding hydrogens is 238 g/mol. The summed E-state index contributed by atoms with van der Waals surface area (Å²) in [6.07, 6.45) is 5.41. The van der Waals surface area contributed by atoms with Crippen LogP contribution in [0.25, 0.3) is 0 Å². The van der Waals surface area contributed by atoms with Gasteiger partial charge in [0.25, 0.3) is 0 Å². The number of rotatable bonds is 2. The SMILES string of the molecule is C[C@@H](O)c1ccc(N2CCN3CCCCC3C2)nc1. The van der Waals surface area contributed by atoms with Gasteiger partial charge in [-0.15, -0.1) is 0 Å². The first kappa shape index (κ1) is 12.9. The van der Waals surface area contributed by atoms with E-state index in [4.69, 9.17) is 0 Å². The number of anilines is 1. The molecule has 0 radical (unpaired) electrons. The largest absolute Gasteiger partial charge is 0.389 e. The maximum atomic E-state index is 9.52. The highest BCUT2D eigenvalue weighted by Gasteiger charge is 2.29. The van der Waals surface area contributed by atoms with Crippen molar-refractivity contribution in [3.63, 3.8) is 0 Å². The van der Waals surface area contributed by atoms with Gasteiger partial charge in [-0.3, -0.25) is 4.90 Å². The number of fused-ring (bicyclic) bond motifs is 1. The molecule has 1 aromatic rings. The standard InChI is InChI=1S/C15H23N3O/c1-12(19)13-5-6-15(16-10-13)18-9-8-17-7-3-2-4-14(17)11-18/h5-6,10,12,14,19H,2-4,7-9,11H2,1H3/t12-,14?/m1/s1. The summed E-state index contributed by atoms with van der Waals surface area (Å²) < 4.78 is 0. The maximum Gasteiger partial charge on any atom is 0.128 e. The van der Waals surface area contributed by atoms with Gasteiger partial charge in [0.15, 0.2) is 0 Å². The summed E-state index contributed by atoms with van der Waals surface area (Å²) in [4.78, 5) is 9.52. The minimum absolute atomic E-state index is 0.434. The molecular formula is C15H23N3O. The smallest absolute Gasteiger partial charge is 0.128 e. The molecule has 3 rings (SSSR count). The van der Waals surface area contributed by atoms with Gasteiger partial charge >= 0.3 is 0 Å². The number of aromatic nitrogens is 1. The molecule has 0 aromatic carbocycles. The van der Waals surface area contributed by atoms with Crippen LogP contribution in [-0.2, 0) is 0 Å². The zero-order valence-electron chi connectivity index (χ0n) is 11.6. The van der Waals surface area contributed by atoms with Crippen LogP contribution in [0.5, 0.6) is 0 Å². The second kappa shape index (κ2) is 5.47. The molecule has 104 valence electrons. The molecule has 1 unspecified atom stereocenters. The van der Waals surface area contributed by atoms with Crippen LogP contribution in [0, 0.1) is 0 Å². The topological polar surface area (TPSA) is 39.6 Å². The van der Waals surface area contributed by atoms with E-state index in [2.05, 4.69) is 14.8 Å². The van der Waals surface area contributed by atoms with E-state index in [1.165, 1.54) is 25.8 Å². The van der Waals surface area contributed by atoms with Crippen LogP contribution in [-0.4, -0.2) is 47.2 Å². The first-order chi connectivity index (χ1) is 9.24. The van der Waals surface area contributed by atoms with Crippen molar-refractivity contribution in [3.8, 4) is 0 Å². The summed E-state index contributed by atoms with van der Waals surface area (Å²) in [5.74, 6) is 1.05. The molecule has 2 atom stereocenters. The van der Waals surface area contributed by atoms with Crippen LogP contribution in [0.2, 0.25) is 0 Å². The highest BCUT2D eigenvalue weighted by atomic mass is 16.3. The molecule has 2 saturated heterocycles. The second-order valence-electron chi connectivity index (χ2n) is 5.76. The van der Waals surface area contributed by atoms with Crippen molar-refractivity contribution in [3.05, 3.63) is 23.9 Å². The van der Waals surface area contributed by atoms with Gasteiger partial charge in [-0.05, 0) is 37.9 Å². The Morgan fingerprint density at radius 2 is 2.16 bits per heavy atom. The molecule has 0 amide bonds. The lowest BCUT2D eigenvalue weighted by atomic mass is 9.99. The predicted molar refractivity (Wildman–Crippen MR) is 76.3 cm³/mol. The molecule has 19 heavy (non-hydrogen) atoms. The summed E-state index contributed by atoms with van der Waals surface area (Å²) in [5, 5.41) is 9.52. The van der Waals surface area contributed by atoms with Crippen molar-refractivity contribution in [2.45, 2.75) is 38.3 Å². The monoisotopic (exact) mass is 261 g/mol. The number of hydrogen-bond acceptors (Lipinski definition) is 4. The van der Waals surface area contributed by atoms with Gasteiger partial charge in [0.1, 0.15) is 5.82 Å². The highest BCUT2D eigenvalue weighted by Crippen LogP contribution is 2.24. The summed E-state index contributed by atoms with van der Waals surface area (Å²) >= 11 is 0. The molecule has 1 aromatic heterocycles. The van der Waals surface area contributed by atoms with Crippen LogP contribution < -0.4 is 4.90 Å². The number of aliphatic hydroxyl groups excluding tert-OH is 1. The van der Waals surface area contributed by atoms with Crippen molar-refractivity contribution < 1.29 is 5.11 Å². The lowest BCUT2D eigenvalue weighted by Gasteiger charge is -2.44. The van der Waals surface area contributed by atoms with E-state index in [-0.39, 0.29) is 0 Å². The van der Waals surface area contributed by atoms with Crippen molar-refractivity contribution in [2.24, 2.45) is 0 Å². The first-order valence-electron chi connectivity index (χ1n) is 7.37. The third kappa shape index (κ3) is 2.74. The summed E-state index contributed by atoms with van der Waals surface area (Å²) in [5.41, 5.74) is 0.889. The zero-order chi connectivity index (χ0) is 13.2. The van der Waals surface area contributed by atoms with E-state index >= 15 is 0 Å². The van der Waals surface area contributed by atoms with Crippen LogP contribution in [0.3, 0.4) is 0 Å². The molecule has 0 saturated carbocycles. The highest BCUT2D eigenvalue weighted by molar-refractivity contribution is 5.40. The predicted octanol–water partition coefficient (Wildman–Crippen LogP) is 1.81. The quantitative estimate of drug-likeness (QED) is 0.881. The molecule has 4 heteroatoms. The molecule has 3 heterocycles. The van der Waals surface area contributed by atoms with Crippen molar-refractivity contribution in [1.29, 1.82) is 0 Å². The number of nitrogens with zero attached hydrogens (tertiary/aromatic N) is 3. The first-order valence-corrected chi connectivity index (χ1v) is 7.37. The van der Waals surface area contributed by atoms with E-state index < -0.39 is 6.10 Å². The number of hydrogen-bond donors (Lipinski definition) is 1. The third-order valence-electron chi connectivity index (χ3n) is 4.41. The van der Waals surface area contributed by atoms with E-state index in [9.17, 15) is 5.11 Å². The maximum absolute atomic E-state index is 9.52. The zero-order valence-corrected chi connectivity index (χ0v) is 11.6. The van der Waals surface area contributed by atoms with Crippen LogP contribution in [0.4, 0.5) is 5.82 Å². The van der Waals surface area contributed by atoms with Gasteiger partial charge in [0.05, 0.1) is 6.10 Å². The summed E-state index contributed by atoms with van der Waals surface area (Å²) in [6, 6.07) is 4.74. The van der Waals surface area contributed by atoms with E-state index in [1.54, 1.807) is 13.1 Å². The normalized spacial score (nSPS) is 26.0. The molecule has 2 fully saturated rings. The average Bonchev–Trinajstić information content (AvgIpc) is 2.47. The van der Waals surface area contributed by atoms with Crippen LogP contribution in [0.1, 0.15) is 37.9 Å². The van der Waals surface area contributed by atoms with Crippen molar-refractivity contribution in [1.82, 2.24) is 9.88 Å². The Morgan fingerprint density at radius 3 is 2.89 bits per heavy atom. The van der Waals surface area contributed by atoms with Gasteiger partial charge in [-0.1, -0.05) is 12.5 Å². The molecule has 2 aliphatic rings. The summed E-state index contributed by atoms with van der Waals surface area (Å²) in [7, 11) is 0. The molecule has 0 bridgehead atoms. The van der Waals surface area contributed by atoms with E-state index in [1.807, 2.05) is 12.1 Å². The lowest BCUT2D eigenvalue weighted by Crippen LogP contribution is -2.55. The average molecular weight is 261 g/mol. The molecule has 2 aliphatic heterocycles. The lowest BCUT2D eigenvalue weighted by molar-refractivity contribution is 0.133. The number of aliphatic hydroxyl groups is 1. The fourth-order valence-electron chi connectivity index (χ4n) is 3.20. The molecule has 1 N–H and O–H groups in total. The Kier molecular flexibility index (Phi) is 3.71.